The van der Waals surface area contributed by atoms with Gasteiger partial charge in [0, 0.05) is 5.38 Å². The van der Waals surface area contributed by atoms with Gasteiger partial charge in [-0.1, -0.05) is 11.6 Å². The Morgan fingerprint density at radius 1 is 1.32 bits per heavy atom. The molecule has 116 valence electrons. The van der Waals surface area contributed by atoms with E-state index in [-0.39, 0.29) is 5.69 Å². The maximum Gasteiger partial charge on any atom is 0.326 e. The number of amides is 1. The second kappa shape index (κ2) is 6.86. The molecule has 2 aromatic rings. The van der Waals surface area contributed by atoms with E-state index in [1.54, 1.807) is 12.1 Å². The van der Waals surface area contributed by atoms with Crippen LogP contribution in [0.1, 0.15) is 16.9 Å². The van der Waals surface area contributed by atoms with E-state index in [4.69, 9.17) is 21.8 Å². The lowest BCUT2D eigenvalue weighted by Crippen LogP contribution is -2.42. The minimum atomic E-state index is -1.51. The van der Waals surface area contributed by atoms with Gasteiger partial charge >= 0.3 is 11.9 Å². The van der Waals surface area contributed by atoms with E-state index < -0.39 is 30.3 Å². The van der Waals surface area contributed by atoms with Crippen molar-refractivity contribution in [3.8, 4) is 9.88 Å². The molecular weight excluding hydrogens is 352 g/mol. The molecule has 0 fully saturated rings. The number of hydrogen-bond acceptors (Lipinski definition) is 6. The van der Waals surface area contributed by atoms with Gasteiger partial charge in [0.25, 0.3) is 5.91 Å². The summed E-state index contributed by atoms with van der Waals surface area (Å²) in [5.74, 6) is -3.48. The van der Waals surface area contributed by atoms with Crippen molar-refractivity contribution in [1.29, 1.82) is 0 Å². The Hall–Kier alpha value is -1.97. The SMILES string of the molecule is O=C(O)CC(NC(=O)c1csc(-c2ccc(Cl)s2)n1)C(=O)O. The Morgan fingerprint density at radius 3 is 2.59 bits per heavy atom. The molecule has 2 rings (SSSR count). The second-order valence-corrected chi connectivity index (χ2v) is 6.68. The van der Waals surface area contributed by atoms with Gasteiger partial charge in [0.15, 0.2) is 0 Å². The van der Waals surface area contributed by atoms with Gasteiger partial charge in [-0.2, -0.15) is 0 Å². The number of aliphatic carboxylic acids is 2. The third-order valence-corrected chi connectivity index (χ3v) is 4.75. The maximum atomic E-state index is 11.9. The van der Waals surface area contributed by atoms with Crippen LogP contribution < -0.4 is 5.32 Å². The number of rotatable bonds is 6. The summed E-state index contributed by atoms with van der Waals surface area (Å²) in [7, 11) is 0. The van der Waals surface area contributed by atoms with Crippen LogP contribution >= 0.6 is 34.3 Å². The third kappa shape index (κ3) is 4.03. The highest BCUT2D eigenvalue weighted by atomic mass is 35.5. The van der Waals surface area contributed by atoms with E-state index in [2.05, 4.69) is 10.3 Å². The minimum Gasteiger partial charge on any atom is -0.481 e. The van der Waals surface area contributed by atoms with Crippen LogP contribution in [0.5, 0.6) is 0 Å². The Morgan fingerprint density at radius 2 is 2.05 bits per heavy atom. The van der Waals surface area contributed by atoms with E-state index in [9.17, 15) is 14.4 Å². The normalized spacial score (nSPS) is 11.9. The molecule has 0 saturated carbocycles. The van der Waals surface area contributed by atoms with Crippen molar-refractivity contribution in [3.63, 3.8) is 0 Å². The molecule has 0 aliphatic rings. The lowest BCUT2D eigenvalue weighted by molar-refractivity contribution is -0.145. The van der Waals surface area contributed by atoms with Crippen LogP contribution in [0.25, 0.3) is 9.88 Å². The third-order valence-electron chi connectivity index (χ3n) is 2.50. The van der Waals surface area contributed by atoms with Gasteiger partial charge in [0.1, 0.15) is 16.7 Å². The largest absolute Gasteiger partial charge is 0.481 e. The molecule has 0 aliphatic heterocycles. The number of nitrogens with one attached hydrogen (secondary N) is 1. The summed E-state index contributed by atoms with van der Waals surface area (Å²) < 4.78 is 0.587. The zero-order valence-corrected chi connectivity index (χ0v) is 13.2. The van der Waals surface area contributed by atoms with Crippen LogP contribution in [0, 0.1) is 0 Å². The average molecular weight is 361 g/mol. The summed E-state index contributed by atoms with van der Waals surface area (Å²) in [6.45, 7) is 0. The van der Waals surface area contributed by atoms with Crippen LogP contribution in [-0.4, -0.2) is 39.1 Å². The first-order chi connectivity index (χ1) is 10.4. The van der Waals surface area contributed by atoms with Gasteiger partial charge in [-0.05, 0) is 12.1 Å². The highest BCUT2D eigenvalue weighted by molar-refractivity contribution is 7.23. The summed E-state index contributed by atoms with van der Waals surface area (Å²) in [4.78, 5) is 38.3. The van der Waals surface area contributed by atoms with E-state index in [0.717, 1.165) is 4.88 Å². The second-order valence-electron chi connectivity index (χ2n) is 4.10. The summed E-state index contributed by atoms with van der Waals surface area (Å²) in [6.07, 6.45) is -0.710. The number of thiophene rings is 1. The summed E-state index contributed by atoms with van der Waals surface area (Å²) >= 11 is 8.34. The Balaban J connectivity index is 2.11. The summed E-state index contributed by atoms with van der Waals surface area (Å²) in [6, 6.07) is 1.96. The molecule has 10 heteroatoms. The zero-order chi connectivity index (χ0) is 16.3. The fourth-order valence-electron chi connectivity index (χ4n) is 1.53. The Bertz CT molecular complexity index is 727. The fraction of sp³-hybridized carbons (Fsp3) is 0.167. The number of carbonyl (C=O) groups excluding carboxylic acids is 1. The van der Waals surface area contributed by atoms with Crippen LogP contribution in [0.3, 0.4) is 0 Å². The Kier molecular flexibility index (Phi) is 5.11. The molecule has 0 radical (unpaired) electrons. The van der Waals surface area contributed by atoms with Gasteiger partial charge < -0.3 is 15.5 Å². The molecule has 1 unspecified atom stereocenters. The molecule has 2 aromatic heterocycles. The molecule has 1 atom stereocenters. The quantitative estimate of drug-likeness (QED) is 0.727. The minimum absolute atomic E-state index is 0.0289. The van der Waals surface area contributed by atoms with Crippen molar-refractivity contribution in [3.05, 3.63) is 27.5 Å². The molecule has 0 bridgehead atoms. The highest BCUT2D eigenvalue weighted by Crippen LogP contribution is 2.32. The molecule has 7 nitrogen and oxygen atoms in total. The number of nitrogens with zero attached hydrogens (tertiary/aromatic N) is 1. The predicted molar refractivity (Wildman–Crippen MR) is 81.6 cm³/mol. The van der Waals surface area contributed by atoms with Gasteiger partial charge in [-0.25, -0.2) is 9.78 Å². The fourth-order valence-corrected chi connectivity index (χ4v) is 3.44. The molecule has 3 N–H and O–H groups in total. The summed E-state index contributed by atoms with van der Waals surface area (Å²) in [5.41, 5.74) is 0.0289. The van der Waals surface area contributed by atoms with E-state index in [1.807, 2.05) is 0 Å². The molecule has 0 spiro atoms. The molecule has 2 heterocycles. The number of thiazole rings is 1. The predicted octanol–water partition coefficient (Wildman–Crippen LogP) is 2.18. The van der Waals surface area contributed by atoms with Gasteiger partial charge in [-0.3, -0.25) is 9.59 Å². The van der Waals surface area contributed by atoms with Crippen molar-refractivity contribution in [1.82, 2.24) is 10.3 Å². The first kappa shape index (κ1) is 16.4. The number of hydrogen-bond donors (Lipinski definition) is 3. The van der Waals surface area contributed by atoms with Crippen molar-refractivity contribution < 1.29 is 24.6 Å². The van der Waals surface area contributed by atoms with E-state index in [1.165, 1.54) is 28.1 Å². The molecule has 0 saturated heterocycles. The lowest BCUT2D eigenvalue weighted by Gasteiger charge is -2.10. The van der Waals surface area contributed by atoms with Crippen LogP contribution in [-0.2, 0) is 9.59 Å². The van der Waals surface area contributed by atoms with Crippen molar-refractivity contribution in [2.24, 2.45) is 0 Å². The summed E-state index contributed by atoms with van der Waals surface area (Å²) in [5, 5.41) is 21.7. The lowest BCUT2D eigenvalue weighted by atomic mass is 10.2. The van der Waals surface area contributed by atoms with Crippen LogP contribution in [0.4, 0.5) is 0 Å². The van der Waals surface area contributed by atoms with Crippen LogP contribution in [0.2, 0.25) is 4.34 Å². The first-order valence-electron chi connectivity index (χ1n) is 5.83. The van der Waals surface area contributed by atoms with Crippen molar-refractivity contribution in [2.75, 3.05) is 0 Å². The highest BCUT2D eigenvalue weighted by Gasteiger charge is 2.24. The zero-order valence-electron chi connectivity index (χ0n) is 10.8. The van der Waals surface area contributed by atoms with Gasteiger partial charge in [0.2, 0.25) is 0 Å². The monoisotopic (exact) mass is 360 g/mol. The molecular formula is C12H9ClN2O5S2. The first-order valence-corrected chi connectivity index (χ1v) is 7.91. The van der Waals surface area contributed by atoms with Gasteiger partial charge in [0.05, 0.1) is 15.6 Å². The van der Waals surface area contributed by atoms with E-state index >= 15 is 0 Å². The number of carboxylic acid groups (broad SMARTS) is 2. The number of carbonyl (C=O) groups is 3. The molecule has 22 heavy (non-hydrogen) atoms. The van der Waals surface area contributed by atoms with E-state index in [0.29, 0.717) is 9.34 Å². The molecule has 0 aliphatic carbocycles. The molecule has 1 amide bonds. The molecule has 0 aromatic carbocycles. The maximum absolute atomic E-state index is 11.9. The topological polar surface area (TPSA) is 117 Å². The average Bonchev–Trinajstić information content (AvgIpc) is 3.05. The standard InChI is InChI=1S/C12H9ClN2O5S2/c13-8-2-1-7(22-8)11-15-6(4-21-11)10(18)14-5(12(19)20)3-9(16)17/h1-2,4-5H,3H2,(H,14,18)(H,16,17)(H,19,20). The van der Waals surface area contributed by atoms with Crippen LogP contribution in [0.15, 0.2) is 17.5 Å². The number of carboxylic acids is 2. The number of aromatic nitrogens is 1. The van der Waals surface area contributed by atoms with Crippen molar-refractivity contribution in [2.45, 2.75) is 12.5 Å². The van der Waals surface area contributed by atoms with Gasteiger partial charge in [-0.15, -0.1) is 22.7 Å². The smallest absolute Gasteiger partial charge is 0.326 e. The number of halogens is 1. The Labute approximate surface area is 137 Å². The van der Waals surface area contributed by atoms with Crippen molar-refractivity contribution >= 4 is 52.1 Å².